The molecule has 0 bridgehead atoms. The predicted octanol–water partition coefficient (Wildman–Crippen LogP) is 3.32. The summed E-state index contributed by atoms with van der Waals surface area (Å²) < 4.78 is -2.00. The molecule has 6 heteroatoms. The standard InChI is InChI=1S/C10H10Cl3NO2/c1-5-3-7(4-6(2)8(5)15)14-9(16)10(11,12)13/h3-4,15H,1-2H3,(H,14,16). The largest absolute Gasteiger partial charge is 0.507 e. The van der Waals surface area contributed by atoms with Gasteiger partial charge in [-0.15, -0.1) is 0 Å². The van der Waals surface area contributed by atoms with E-state index < -0.39 is 9.70 Å². The number of nitrogens with one attached hydrogen (secondary N) is 1. The number of carbonyl (C=O) groups is 1. The summed E-state index contributed by atoms with van der Waals surface area (Å²) in [5.41, 5.74) is 1.75. The molecule has 0 atom stereocenters. The highest BCUT2D eigenvalue weighted by Gasteiger charge is 2.30. The molecule has 16 heavy (non-hydrogen) atoms. The molecule has 0 radical (unpaired) electrons. The first-order valence-corrected chi connectivity index (χ1v) is 5.53. The van der Waals surface area contributed by atoms with E-state index in [0.29, 0.717) is 16.8 Å². The van der Waals surface area contributed by atoms with Crippen LogP contribution in [0, 0.1) is 13.8 Å². The summed E-state index contributed by atoms with van der Waals surface area (Å²) in [6, 6.07) is 3.19. The molecule has 0 aliphatic heterocycles. The van der Waals surface area contributed by atoms with Gasteiger partial charge in [-0.3, -0.25) is 4.79 Å². The van der Waals surface area contributed by atoms with Crippen molar-refractivity contribution in [2.75, 3.05) is 5.32 Å². The predicted molar refractivity (Wildman–Crippen MR) is 66.5 cm³/mol. The quantitative estimate of drug-likeness (QED) is 0.613. The van der Waals surface area contributed by atoms with Gasteiger partial charge >= 0.3 is 0 Å². The Morgan fingerprint density at radius 1 is 1.25 bits per heavy atom. The topological polar surface area (TPSA) is 49.3 Å². The number of anilines is 1. The second kappa shape index (κ2) is 4.70. The number of amides is 1. The Morgan fingerprint density at radius 3 is 2.06 bits per heavy atom. The van der Waals surface area contributed by atoms with Gasteiger partial charge in [-0.1, -0.05) is 34.8 Å². The van der Waals surface area contributed by atoms with Crippen LogP contribution in [0.2, 0.25) is 0 Å². The van der Waals surface area contributed by atoms with E-state index in [4.69, 9.17) is 34.8 Å². The zero-order valence-electron chi connectivity index (χ0n) is 8.64. The summed E-state index contributed by atoms with van der Waals surface area (Å²) >= 11 is 16.2. The van der Waals surface area contributed by atoms with E-state index in [1.165, 1.54) is 0 Å². The Kier molecular flexibility index (Phi) is 3.94. The molecular formula is C10H10Cl3NO2. The second-order valence-corrected chi connectivity index (χ2v) is 5.69. The lowest BCUT2D eigenvalue weighted by atomic mass is 10.1. The number of alkyl halides is 3. The third-order valence-electron chi connectivity index (χ3n) is 2.01. The Labute approximate surface area is 108 Å². The van der Waals surface area contributed by atoms with Crippen molar-refractivity contribution in [2.24, 2.45) is 0 Å². The molecule has 88 valence electrons. The van der Waals surface area contributed by atoms with Gasteiger partial charge < -0.3 is 10.4 Å². The summed E-state index contributed by atoms with van der Waals surface area (Å²) in [5.74, 6) is -0.547. The Morgan fingerprint density at radius 2 is 1.69 bits per heavy atom. The lowest BCUT2D eigenvalue weighted by Gasteiger charge is -2.13. The molecule has 1 rings (SSSR count). The monoisotopic (exact) mass is 281 g/mol. The van der Waals surface area contributed by atoms with Gasteiger partial charge in [0.2, 0.25) is 0 Å². The highest BCUT2D eigenvalue weighted by atomic mass is 35.6. The summed E-state index contributed by atoms with van der Waals surface area (Å²) in [4.78, 5) is 11.4. The van der Waals surface area contributed by atoms with E-state index in [-0.39, 0.29) is 5.75 Å². The zero-order valence-corrected chi connectivity index (χ0v) is 10.9. The molecule has 0 saturated carbocycles. The van der Waals surface area contributed by atoms with E-state index in [2.05, 4.69) is 5.32 Å². The number of benzene rings is 1. The fraction of sp³-hybridized carbons (Fsp3) is 0.300. The van der Waals surface area contributed by atoms with E-state index in [1.54, 1.807) is 26.0 Å². The molecule has 0 saturated heterocycles. The van der Waals surface area contributed by atoms with Crippen molar-refractivity contribution in [3.8, 4) is 5.75 Å². The van der Waals surface area contributed by atoms with Crippen LogP contribution in [0.1, 0.15) is 11.1 Å². The van der Waals surface area contributed by atoms with E-state index in [9.17, 15) is 9.90 Å². The minimum atomic E-state index is -2.00. The second-order valence-electron chi connectivity index (χ2n) is 3.41. The van der Waals surface area contributed by atoms with Crippen molar-refractivity contribution >= 4 is 46.4 Å². The van der Waals surface area contributed by atoms with Crippen LogP contribution >= 0.6 is 34.8 Å². The van der Waals surface area contributed by atoms with Crippen LogP contribution in [0.25, 0.3) is 0 Å². The summed E-state index contributed by atoms with van der Waals surface area (Å²) in [7, 11) is 0. The normalized spacial score (nSPS) is 11.3. The van der Waals surface area contributed by atoms with Crippen LogP contribution in [-0.4, -0.2) is 14.8 Å². The van der Waals surface area contributed by atoms with Crippen molar-refractivity contribution in [1.29, 1.82) is 0 Å². The highest BCUT2D eigenvalue weighted by molar-refractivity contribution is 6.76. The van der Waals surface area contributed by atoms with Crippen LogP contribution in [0.5, 0.6) is 5.75 Å². The number of phenols is 1. The van der Waals surface area contributed by atoms with E-state index in [1.807, 2.05) is 0 Å². The van der Waals surface area contributed by atoms with Gasteiger partial charge in [0, 0.05) is 5.69 Å². The fourth-order valence-electron chi connectivity index (χ4n) is 1.23. The number of aryl methyl sites for hydroxylation is 2. The third-order valence-corrected chi connectivity index (χ3v) is 2.52. The first-order valence-electron chi connectivity index (χ1n) is 4.40. The Balaban J connectivity index is 2.96. The lowest BCUT2D eigenvalue weighted by molar-refractivity contribution is -0.115. The van der Waals surface area contributed by atoms with Crippen molar-refractivity contribution in [3.63, 3.8) is 0 Å². The minimum absolute atomic E-state index is 0.187. The molecule has 1 aromatic rings. The maximum absolute atomic E-state index is 11.4. The number of hydrogen-bond donors (Lipinski definition) is 2. The van der Waals surface area contributed by atoms with E-state index in [0.717, 1.165) is 0 Å². The lowest BCUT2D eigenvalue weighted by Crippen LogP contribution is -2.26. The van der Waals surface area contributed by atoms with Crippen molar-refractivity contribution < 1.29 is 9.90 Å². The number of hydrogen-bond acceptors (Lipinski definition) is 2. The summed E-state index contributed by atoms with van der Waals surface area (Å²) in [6.07, 6.45) is 0. The smallest absolute Gasteiger partial charge is 0.276 e. The molecule has 0 unspecified atom stereocenters. The van der Waals surface area contributed by atoms with Crippen LogP contribution in [0.3, 0.4) is 0 Å². The number of aromatic hydroxyl groups is 1. The maximum atomic E-state index is 11.4. The van der Waals surface area contributed by atoms with Crippen LogP contribution in [-0.2, 0) is 4.79 Å². The van der Waals surface area contributed by atoms with E-state index >= 15 is 0 Å². The summed E-state index contributed by atoms with van der Waals surface area (Å²) in [5, 5.41) is 12.0. The molecule has 0 aliphatic rings. The average molecular weight is 283 g/mol. The first-order chi connectivity index (χ1) is 7.21. The van der Waals surface area contributed by atoms with Gasteiger partial charge in [0.25, 0.3) is 9.70 Å². The maximum Gasteiger partial charge on any atom is 0.276 e. The molecule has 2 N–H and O–H groups in total. The minimum Gasteiger partial charge on any atom is -0.507 e. The van der Waals surface area contributed by atoms with Crippen LogP contribution in [0.4, 0.5) is 5.69 Å². The van der Waals surface area contributed by atoms with Crippen molar-refractivity contribution in [3.05, 3.63) is 23.3 Å². The molecular weight excluding hydrogens is 272 g/mol. The highest BCUT2D eigenvalue weighted by Crippen LogP contribution is 2.30. The van der Waals surface area contributed by atoms with Gasteiger partial charge in [-0.05, 0) is 37.1 Å². The zero-order chi connectivity index (χ0) is 12.5. The SMILES string of the molecule is Cc1cc(NC(=O)C(Cl)(Cl)Cl)cc(C)c1O. The van der Waals surface area contributed by atoms with Gasteiger partial charge in [0.15, 0.2) is 0 Å². The van der Waals surface area contributed by atoms with Crippen LogP contribution in [0.15, 0.2) is 12.1 Å². The molecule has 1 amide bonds. The molecule has 1 aromatic carbocycles. The first kappa shape index (κ1) is 13.4. The number of carbonyl (C=O) groups excluding carboxylic acids is 1. The fourth-order valence-corrected chi connectivity index (χ4v) is 1.37. The van der Waals surface area contributed by atoms with Crippen molar-refractivity contribution in [2.45, 2.75) is 17.6 Å². The number of halogens is 3. The molecule has 3 nitrogen and oxygen atoms in total. The van der Waals surface area contributed by atoms with Crippen molar-refractivity contribution in [1.82, 2.24) is 0 Å². The van der Waals surface area contributed by atoms with Gasteiger partial charge in [0.05, 0.1) is 0 Å². The van der Waals surface area contributed by atoms with Gasteiger partial charge in [0.1, 0.15) is 5.75 Å². The van der Waals surface area contributed by atoms with Crippen LogP contribution < -0.4 is 5.32 Å². The molecule has 0 fully saturated rings. The molecule has 0 aromatic heterocycles. The molecule has 0 spiro atoms. The number of phenolic OH excluding ortho intramolecular Hbond substituents is 1. The van der Waals surface area contributed by atoms with Gasteiger partial charge in [-0.2, -0.15) is 0 Å². The molecule has 0 aliphatic carbocycles. The van der Waals surface area contributed by atoms with Gasteiger partial charge in [-0.25, -0.2) is 0 Å². The average Bonchev–Trinajstić information content (AvgIpc) is 2.12. The number of rotatable bonds is 1. The molecule has 0 heterocycles. The third kappa shape index (κ3) is 3.17. The Bertz CT molecular complexity index is 404. The summed E-state index contributed by atoms with van der Waals surface area (Å²) in [6.45, 7) is 3.43. The Hall–Kier alpha value is -0.640.